The van der Waals surface area contributed by atoms with Gasteiger partial charge in [0.05, 0.1) is 7.11 Å². The quantitative estimate of drug-likeness (QED) is 0.887. The van der Waals surface area contributed by atoms with Crippen LogP contribution in [-0.4, -0.2) is 43.2 Å². The van der Waals surface area contributed by atoms with E-state index >= 15 is 0 Å². The Morgan fingerprint density at radius 3 is 2.79 bits per heavy atom. The van der Waals surface area contributed by atoms with E-state index in [9.17, 15) is 0 Å². The molecular formula is C15H21N3O. The number of aromatic amines is 1. The molecule has 1 aliphatic rings. The standard InChI is InChI=1S/C15H21N3O/c1-11(18-8-6-16-7-9-18)12-10-17-13-4-3-5-14(19-2)15(12)13/h3-5,10-11,16-17H,6-9H2,1-2H3. The van der Waals surface area contributed by atoms with Gasteiger partial charge in [0.25, 0.3) is 0 Å². The van der Waals surface area contributed by atoms with Crippen molar-refractivity contribution in [3.63, 3.8) is 0 Å². The van der Waals surface area contributed by atoms with E-state index in [2.05, 4.69) is 34.4 Å². The number of benzene rings is 1. The number of piperazine rings is 1. The van der Waals surface area contributed by atoms with E-state index in [1.807, 2.05) is 12.1 Å². The van der Waals surface area contributed by atoms with Crippen LogP contribution in [-0.2, 0) is 0 Å². The number of nitrogens with one attached hydrogen (secondary N) is 2. The summed E-state index contributed by atoms with van der Waals surface area (Å²) in [5.74, 6) is 0.954. The predicted molar refractivity (Wildman–Crippen MR) is 77.7 cm³/mol. The van der Waals surface area contributed by atoms with Crippen molar-refractivity contribution in [1.82, 2.24) is 15.2 Å². The van der Waals surface area contributed by atoms with Crippen molar-refractivity contribution in [1.29, 1.82) is 0 Å². The molecule has 2 N–H and O–H groups in total. The van der Waals surface area contributed by atoms with Crippen molar-refractivity contribution in [2.45, 2.75) is 13.0 Å². The summed E-state index contributed by atoms with van der Waals surface area (Å²) in [6.45, 7) is 6.63. The van der Waals surface area contributed by atoms with Crippen LogP contribution in [0.2, 0.25) is 0 Å². The largest absolute Gasteiger partial charge is 0.496 e. The Labute approximate surface area is 113 Å². The Hall–Kier alpha value is -1.52. The van der Waals surface area contributed by atoms with Gasteiger partial charge in [-0.25, -0.2) is 0 Å². The summed E-state index contributed by atoms with van der Waals surface area (Å²) in [5.41, 5.74) is 2.48. The van der Waals surface area contributed by atoms with Gasteiger partial charge in [0.1, 0.15) is 5.75 Å². The van der Waals surface area contributed by atoms with Crippen LogP contribution in [0.15, 0.2) is 24.4 Å². The van der Waals surface area contributed by atoms with Crippen LogP contribution in [0.25, 0.3) is 10.9 Å². The first-order chi connectivity index (χ1) is 9.31. The maximum absolute atomic E-state index is 5.51. The Morgan fingerprint density at radius 2 is 2.05 bits per heavy atom. The highest BCUT2D eigenvalue weighted by atomic mass is 16.5. The fourth-order valence-corrected chi connectivity index (χ4v) is 2.94. The smallest absolute Gasteiger partial charge is 0.128 e. The molecule has 19 heavy (non-hydrogen) atoms. The lowest BCUT2D eigenvalue weighted by Crippen LogP contribution is -2.44. The molecule has 4 nitrogen and oxygen atoms in total. The third-order valence-corrected chi connectivity index (χ3v) is 4.07. The molecule has 102 valence electrons. The van der Waals surface area contributed by atoms with Gasteiger partial charge in [-0.1, -0.05) is 6.07 Å². The maximum Gasteiger partial charge on any atom is 0.128 e. The number of hydrogen-bond donors (Lipinski definition) is 2. The highest BCUT2D eigenvalue weighted by molar-refractivity contribution is 5.89. The SMILES string of the molecule is COc1cccc2[nH]cc(C(C)N3CCNCC3)c12. The Morgan fingerprint density at radius 1 is 1.26 bits per heavy atom. The van der Waals surface area contributed by atoms with Gasteiger partial charge < -0.3 is 15.0 Å². The third kappa shape index (κ3) is 2.22. The second-order valence-corrected chi connectivity index (χ2v) is 5.09. The summed E-state index contributed by atoms with van der Waals surface area (Å²) < 4.78 is 5.51. The Balaban J connectivity index is 1.99. The first-order valence-corrected chi connectivity index (χ1v) is 6.90. The van der Waals surface area contributed by atoms with Gasteiger partial charge in [0.15, 0.2) is 0 Å². The molecule has 2 heterocycles. The average molecular weight is 259 g/mol. The molecule has 1 aliphatic heterocycles. The van der Waals surface area contributed by atoms with Crippen LogP contribution < -0.4 is 10.1 Å². The van der Waals surface area contributed by atoms with Crippen LogP contribution in [0.4, 0.5) is 0 Å². The minimum Gasteiger partial charge on any atom is -0.496 e. The van der Waals surface area contributed by atoms with Crippen molar-refractivity contribution in [3.05, 3.63) is 30.0 Å². The number of H-pyrrole nitrogens is 1. The zero-order chi connectivity index (χ0) is 13.2. The summed E-state index contributed by atoms with van der Waals surface area (Å²) >= 11 is 0. The highest BCUT2D eigenvalue weighted by Crippen LogP contribution is 2.34. The number of hydrogen-bond acceptors (Lipinski definition) is 3. The molecule has 0 saturated carbocycles. The van der Waals surface area contributed by atoms with Gasteiger partial charge in [0.2, 0.25) is 0 Å². The Kier molecular flexibility index (Phi) is 3.44. The molecule has 0 bridgehead atoms. The molecule has 4 heteroatoms. The highest BCUT2D eigenvalue weighted by Gasteiger charge is 2.21. The van der Waals surface area contributed by atoms with E-state index in [1.54, 1.807) is 7.11 Å². The molecule has 0 radical (unpaired) electrons. The van der Waals surface area contributed by atoms with Gasteiger partial charge in [-0.3, -0.25) is 4.90 Å². The van der Waals surface area contributed by atoms with Gasteiger partial charge in [-0.15, -0.1) is 0 Å². The van der Waals surface area contributed by atoms with Gasteiger partial charge >= 0.3 is 0 Å². The minimum absolute atomic E-state index is 0.409. The molecule has 1 unspecified atom stereocenters. The van der Waals surface area contributed by atoms with Crippen LogP contribution in [0.3, 0.4) is 0 Å². The zero-order valence-electron chi connectivity index (χ0n) is 11.6. The number of aromatic nitrogens is 1. The summed E-state index contributed by atoms with van der Waals surface area (Å²) in [6.07, 6.45) is 2.12. The van der Waals surface area contributed by atoms with Crippen molar-refractivity contribution < 1.29 is 4.74 Å². The molecule has 0 amide bonds. The molecule has 1 fully saturated rings. The van der Waals surface area contributed by atoms with E-state index in [0.29, 0.717) is 6.04 Å². The second-order valence-electron chi connectivity index (χ2n) is 5.09. The van der Waals surface area contributed by atoms with Gasteiger partial charge in [-0.05, 0) is 24.6 Å². The predicted octanol–water partition coefficient (Wildman–Crippen LogP) is 2.14. The maximum atomic E-state index is 5.51. The summed E-state index contributed by atoms with van der Waals surface area (Å²) in [7, 11) is 1.74. The van der Waals surface area contributed by atoms with Crippen molar-refractivity contribution in [2.24, 2.45) is 0 Å². The Bertz CT molecular complexity index is 558. The van der Waals surface area contributed by atoms with Gasteiger partial charge in [-0.2, -0.15) is 0 Å². The zero-order valence-corrected chi connectivity index (χ0v) is 11.6. The third-order valence-electron chi connectivity index (χ3n) is 4.07. The number of rotatable bonds is 3. The average Bonchev–Trinajstić information content (AvgIpc) is 2.91. The molecule has 2 aromatic rings. The lowest BCUT2D eigenvalue weighted by molar-refractivity contribution is 0.186. The topological polar surface area (TPSA) is 40.3 Å². The van der Waals surface area contributed by atoms with E-state index < -0.39 is 0 Å². The summed E-state index contributed by atoms with van der Waals surface area (Å²) in [4.78, 5) is 5.88. The molecular weight excluding hydrogens is 238 g/mol. The molecule has 0 aliphatic carbocycles. The van der Waals surface area contributed by atoms with Crippen LogP contribution in [0, 0.1) is 0 Å². The fourth-order valence-electron chi connectivity index (χ4n) is 2.94. The van der Waals surface area contributed by atoms with E-state index in [0.717, 1.165) is 37.4 Å². The number of fused-ring (bicyclic) bond motifs is 1. The summed E-state index contributed by atoms with van der Waals surface area (Å²) in [6, 6.07) is 6.57. The lowest BCUT2D eigenvalue weighted by atomic mass is 10.0. The number of methoxy groups -OCH3 is 1. The molecule has 3 rings (SSSR count). The second kappa shape index (κ2) is 5.23. The van der Waals surface area contributed by atoms with Crippen molar-refractivity contribution in [3.8, 4) is 5.75 Å². The van der Waals surface area contributed by atoms with E-state index in [1.165, 1.54) is 10.9 Å². The fraction of sp³-hybridized carbons (Fsp3) is 0.467. The first-order valence-electron chi connectivity index (χ1n) is 6.90. The molecule has 0 spiro atoms. The number of nitrogens with zero attached hydrogens (tertiary/aromatic N) is 1. The summed E-state index contributed by atoms with van der Waals surface area (Å²) in [5, 5.41) is 4.62. The molecule has 1 saturated heterocycles. The van der Waals surface area contributed by atoms with E-state index in [-0.39, 0.29) is 0 Å². The van der Waals surface area contributed by atoms with Gasteiger partial charge in [0, 0.05) is 49.3 Å². The van der Waals surface area contributed by atoms with Crippen LogP contribution in [0.1, 0.15) is 18.5 Å². The first kappa shape index (κ1) is 12.5. The van der Waals surface area contributed by atoms with Crippen LogP contribution in [0.5, 0.6) is 5.75 Å². The number of ether oxygens (including phenoxy) is 1. The minimum atomic E-state index is 0.409. The van der Waals surface area contributed by atoms with E-state index in [4.69, 9.17) is 4.74 Å². The van der Waals surface area contributed by atoms with Crippen molar-refractivity contribution >= 4 is 10.9 Å². The molecule has 1 aromatic carbocycles. The lowest BCUT2D eigenvalue weighted by Gasteiger charge is -2.32. The molecule has 1 aromatic heterocycles. The normalized spacial score (nSPS) is 18.6. The van der Waals surface area contributed by atoms with Crippen molar-refractivity contribution in [2.75, 3.05) is 33.3 Å². The molecule has 1 atom stereocenters. The van der Waals surface area contributed by atoms with Crippen LogP contribution >= 0.6 is 0 Å². The monoisotopic (exact) mass is 259 g/mol.